The zero-order chi connectivity index (χ0) is 22.3. The van der Waals surface area contributed by atoms with Crippen LogP contribution >= 0.6 is 11.8 Å². The first kappa shape index (κ1) is 28.0. The number of unbranched alkanes of at least 4 members (excludes halogenated alkanes) is 8. The fourth-order valence-electron chi connectivity index (χ4n) is 2.99. The number of ether oxygens (including phenoxy) is 1. The van der Waals surface area contributed by atoms with Crippen molar-refractivity contribution in [2.75, 3.05) is 6.61 Å². The van der Waals surface area contributed by atoms with Crippen molar-refractivity contribution in [1.29, 1.82) is 0 Å². The van der Waals surface area contributed by atoms with Crippen LogP contribution in [0.15, 0.2) is 0 Å². The van der Waals surface area contributed by atoms with Gasteiger partial charge in [-0.2, -0.15) is 0 Å². The highest BCUT2D eigenvalue weighted by Gasteiger charge is 2.34. The van der Waals surface area contributed by atoms with Crippen molar-refractivity contribution in [3.63, 3.8) is 0 Å². The van der Waals surface area contributed by atoms with Crippen molar-refractivity contribution < 1.29 is 19.1 Å². The second-order valence-electron chi connectivity index (χ2n) is 8.70. The lowest BCUT2D eigenvalue weighted by atomic mass is 10.0. The van der Waals surface area contributed by atoms with Crippen LogP contribution in [0.25, 0.3) is 0 Å². The highest BCUT2D eigenvalue weighted by Crippen LogP contribution is 2.28. The third-order valence-corrected chi connectivity index (χ3v) is 5.83. The van der Waals surface area contributed by atoms with Gasteiger partial charge < -0.3 is 10.1 Å². The largest absolute Gasteiger partial charge is 0.464 e. The van der Waals surface area contributed by atoms with Gasteiger partial charge in [0.05, 0.1) is 12.5 Å². The molecular formula is C23H43NO4S. The van der Waals surface area contributed by atoms with Gasteiger partial charge in [-0.3, -0.25) is 9.59 Å². The molecule has 0 aromatic rings. The topological polar surface area (TPSA) is 72.5 Å². The monoisotopic (exact) mass is 429 g/mol. The number of rotatable bonds is 15. The molecule has 6 heteroatoms. The Morgan fingerprint density at radius 2 is 1.41 bits per heavy atom. The molecule has 5 nitrogen and oxygen atoms in total. The molecule has 0 unspecified atom stereocenters. The quantitative estimate of drug-likeness (QED) is 0.269. The number of hydrogen-bond donors (Lipinski definition) is 1. The molecule has 0 spiro atoms. The second-order valence-corrected chi connectivity index (χ2v) is 10.5. The van der Waals surface area contributed by atoms with E-state index in [1.165, 1.54) is 50.3 Å². The van der Waals surface area contributed by atoms with Gasteiger partial charge in [-0.25, -0.2) is 4.79 Å². The van der Waals surface area contributed by atoms with Gasteiger partial charge in [-0.1, -0.05) is 97.7 Å². The van der Waals surface area contributed by atoms with Gasteiger partial charge in [0.15, 0.2) is 5.12 Å². The van der Waals surface area contributed by atoms with Crippen LogP contribution in [-0.4, -0.2) is 34.4 Å². The van der Waals surface area contributed by atoms with Gasteiger partial charge in [0.2, 0.25) is 5.91 Å². The van der Waals surface area contributed by atoms with Gasteiger partial charge >= 0.3 is 5.97 Å². The highest BCUT2D eigenvalue weighted by atomic mass is 32.2. The smallest absolute Gasteiger partial charge is 0.329 e. The summed E-state index contributed by atoms with van der Waals surface area (Å²) in [6.45, 7) is 11.7. The molecule has 29 heavy (non-hydrogen) atoms. The molecule has 2 atom stereocenters. The maximum Gasteiger partial charge on any atom is 0.329 e. The highest BCUT2D eigenvalue weighted by molar-refractivity contribution is 8.14. The van der Waals surface area contributed by atoms with Crippen LogP contribution in [0.1, 0.15) is 106 Å². The molecule has 0 aromatic heterocycles. The van der Waals surface area contributed by atoms with E-state index in [4.69, 9.17) is 4.74 Å². The van der Waals surface area contributed by atoms with Crippen LogP contribution < -0.4 is 5.32 Å². The minimum atomic E-state index is -0.927. The minimum absolute atomic E-state index is 0.112. The molecule has 1 N–H and O–H groups in total. The van der Waals surface area contributed by atoms with Crippen LogP contribution in [0.4, 0.5) is 0 Å². The van der Waals surface area contributed by atoms with Crippen molar-refractivity contribution in [2.24, 2.45) is 5.92 Å². The van der Waals surface area contributed by atoms with E-state index < -0.39 is 17.9 Å². The lowest BCUT2D eigenvalue weighted by molar-refractivity contribution is -0.150. The number of amides is 1. The van der Waals surface area contributed by atoms with Crippen molar-refractivity contribution in [2.45, 2.75) is 117 Å². The Morgan fingerprint density at radius 3 is 1.90 bits per heavy atom. The summed E-state index contributed by atoms with van der Waals surface area (Å²) in [6, 6.07) is -0.927. The van der Waals surface area contributed by atoms with Crippen molar-refractivity contribution in [1.82, 2.24) is 5.32 Å². The fraction of sp³-hybridized carbons (Fsp3) is 0.870. The van der Waals surface area contributed by atoms with Gasteiger partial charge in [-0.05, 0) is 13.3 Å². The summed E-state index contributed by atoms with van der Waals surface area (Å²) in [5, 5.41) is 2.63. The second kappa shape index (κ2) is 15.8. The minimum Gasteiger partial charge on any atom is -0.464 e. The summed E-state index contributed by atoms with van der Waals surface area (Å²) < 4.78 is 4.84. The number of nitrogens with one attached hydrogen (secondary N) is 1. The van der Waals surface area contributed by atoms with E-state index in [1.807, 2.05) is 20.8 Å². The standard InChI is InChI=1S/C23H43NO4S/c1-7-9-10-11-12-13-14-15-16-17-19(25)24-20(21(26)28-8-2)18(3)22(27)29-23(4,5)6/h18,20H,7-17H2,1-6H3,(H,24,25)/t18-,20-/m1/s1. The molecule has 0 saturated carbocycles. The fourth-order valence-corrected chi connectivity index (χ4v) is 3.92. The van der Waals surface area contributed by atoms with E-state index in [-0.39, 0.29) is 22.4 Å². The number of carbonyl (C=O) groups is 3. The molecule has 0 fully saturated rings. The molecule has 1 amide bonds. The average Bonchev–Trinajstić information content (AvgIpc) is 2.63. The number of esters is 1. The molecule has 0 aliphatic rings. The summed E-state index contributed by atoms with van der Waals surface area (Å²) >= 11 is 1.19. The van der Waals surface area contributed by atoms with Crippen LogP contribution in [0.3, 0.4) is 0 Å². The summed E-state index contributed by atoms with van der Waals surface area (Å²) in [6.07, 6.45) is 11.0. The van der Waals surface area contributed by atoms with E-state index >= 15 is 0 Å². The van der Waals surface area contributed by atoms with E-state index in [1.54, 1.807) is 13.8 Å². The zero-order valence-electron chi connectivity index (χ0n) is 19.5. The summed E-state index contributed by atoms with van der Waals surface area (Å²) in [4.78, 5) is 37.2. The first-order valence-electron chi connectivity index (χ1n) is 11.3. The molecule has 0 bridgehead atoms. The Kier molecular flexibility index (Phi) is 15.2. The molecular weight excluding hydrogens is 386 g/mol. The van der Waals surface area contributed by atoms with E-state index in [9.17, 15) is 14.4 Å². The number of thioether (sulfide) groups is 1. The molecule has 170 valence electrons. The maximum atomic E-state index is 12.5. The van der Waals surface area contributed by atoms with Crippen molar-refractivity contribution in [3.8, 4) is 0 Å². The SMILES string of the molecule is CCCCCCCCCCCC(=O)N[C@@H](C(=O)OCC)[C@@H](C)C(=O)SC(C)(C)C. The van der Waals surface area contributed by atoms with Crippen LogP contribution in [-0.2, 0) is 19.1 Å². The summed E-state index contributed by atoms with van der Waals surface area (Å²) in [7, 11) is 0. The van der Waals surface area contributed by atoms with Gasteiger partial charge in [-0.15, -0.1) is 0 Å². The van der Waals surface area contributed by atoms with Crippen LogP contribution in [0, 0.1) is 5.92 Å². The summed E-state index contributed by atoms with van der Waals surface area (Å²) in [5.41, 5.74) is 0. The van der Waals surface area contributed by atoms with Gasteiger partial charge in [0.25, 0.3) is 0 Å². The maximum absolute atomic E-state index is 12.5. The molecule has 0 heterocycles. The Labute approximate surface area is 182 Å². The van der Waals surface area contributed by atoms with Gasteiger partial charge in [0, 0.05) is 11.2 Å². The third kappa shape index (κ3) is 14.6. The van der Waals surface area contributed by atoms with Crippen LogP contribution in [0.2, 0.25) is 0 Å². The number of hydrogen-bond acceptors (Lipinski definition) is 5. The Balaban J connectivity index is 4.41. The van der Waals surface area contributed by atoms with E-state index in [0.29, 0.717) is 6.42 Å². The lowest BCUT2D eigenvalue weighted by Gasteiger charge is -2.25. The average molecular weight is 430 g/mol. The van der Waals surface area contributed by atoms with Crippen LogP contribution in [0.5, 0.6) is 0 Å². The first-order valence-corrected chi connectivity index (χ1v) is 12.1. The first-order chi connectivity index (χ1) is 13.6. The Morgan fingerprint density at radius 1 is 0.897 bits per heavy atom. The Bertz CT molecular complexity index is 488. The van der Waals surface area contributed by atoms with Crippen molar-refractivity contribution in [3.05, 3.63) is 0 Å². The molecule has 0 aliphatic heterocycles. The molecule has 0 aromatic carbocycles. The predicted octanol–water partition coefficient (Wildman–Crippen LogP) is 5.65. The molecule has 0 radical (unpaired) electrons. The predicted molar refractivity (Wildman–Crippen MR) is 122 cm³/mol. The van der Waals surface area contributed by atoms with E-state index in [2.05, 4.69) is 12.2 Å². The lowest BCUT2D eigenvalue weighted by Crippen LogP contribution is -2.48. The zero-order valence-corrected chi connectivity index (χ0v) is 20.3. The van der Waals surface area contributed by atoms with E-state index in [0.717, 1.165) is 19.3 Å². The third-order valence-electron chi connectivity index (χ3n) is 4.64. The normalized spacial score (nSPS) is 13.6. The number of carbonyl (C=O) groups excluding carboxylic acids is 3. The summed E-state index contributed by atoms with van der Waals surface area (Å²) in [5.74, 6) is -1.36. The molecule has 0 aliphatic carbocycles. The Hall–Kier alpha value is -1.04. The molecule has 0 saturated heterocycles. The molecule has 0 rings (SSSR count). The van der Waals surface area contributed by atoms with Crippen molar-refractivity contribution >= 4 is 28.8 Å². The van der Waals surface area contributed by atoms with Gasteiger partial charge in [0.1, 0.15) is 6.04 Å².